The fourth-order valence-corrected chi connectivity index (χ4v) is 3.08. The topological polar surface area (TPSA) is 26.0 Å². The third-order valence-corrected chi connectivity index (χ3v) is 3.56. The zero-order chi connectivity index (χ0) is 6.11. The number of hydrogen-bond acceptors (Lipinski definition) is 1. The van der Waals surface area contributed by atoms with Crippen molar-refractivity contribution in [3.8, 4) is 0 Å². The molecule has 2 N–H and O–H groups in total. The van der Waals surface area contributed by atoms with Crippen LogP contribution in [0.3, 0.4) is 0 Å². The smallest absolute Gasteiger partial charge is 0.0170 e. The van der Waals surface area contributed by atoms with Crippen LogP contribution in [0.1, 0.15) is 32.1 Å². The third-order valence-electron chi connectivity index (χ3n) is 3.56. The monoisotopic (exact) mass is 123 g/mol. The van der Waals surface area contributed by atoms with Crippen LogP contribution in [0.2, 0.25) is 0 Å². The van der Waals surface area contributed by atoms with E-state index < -0.39 is 0 Å². The molecule has 0 aromatic carbocycles. The Morgan fingerprint density at radius 3 is 2.00 bits per heavy atom. The molecule has 0 amide bonds. The Hall–Kier alpha value is -0.0400. The second kappa shape index (κ2) is 0.968. The fourth-order valence-electron chi connectivity index (χ4n) is 3.08. The van der Waals surface area contributed by atoms with Gasteiger partial charge in [0.2, 0.25) is 0 Å². The summed E-state index contributed by atoms with van der Waals surface area (Å²) in [6.07, 6.45) is 7.12. The highest BCUT2D eigenvalue weighted by atomic mass is 14.9. The van der Waals surface area contributed by atoms with Gasteiger partial charge in [-0.3, -0.25) is 0 Å². The second-order valence-corrected chi connectivity index (χ2v) is 4.53. The van der Waals surface area contributed by atoms with Gasteiger partial charge in [0.05, 0.1) is 0 Å². The predicted octanol–water partition coefficient (Wildman–Crippen LogP) is 1.28. The van der Waals surface area contributed by atoms with Crippen molar-refractivity contribution in [1.82, 2.24) is 0 Å². The summed E-state index contributed by atoms with van der Waals surface area (Å²) in [5, 5.41) is 0. The molecule has 0 spiro atoms. The Labute approximate surface area is 55.6 Å². The minimum atomic E-state index is 0.350. The highest BCUT2D eigenvalue weighted by molar-refractivity contribution is 5.25. The van der Waals surface area contributed by atoms with Crippen molar-refractivity contribution in [2.75, 3.05) is 0 Å². The van der Waals surface area contributed by atoms with Crippen LogP contribution in [0.5, 0.6) is 0 Å². The lowest BCUT2D eigenvalue weighted by Gasteiger charge is -2.70. The highest BCUT2D eigenvalue weighted by Crippen LogP contribution is 2.74. The molecule has 4 aliphatic rings. The first kappa shape index (κ1) is 4.73. The molecule has 1 heteroatoms. The first-order chi connectivity index (χ1) is 4.23. The van der Waals surface area contributed by atoms with Gasteiger partial charge in [-0.25, -0.2) is 0 Å². The maximum Gasteiger partial charge on any atom is 0.0170 e. The van der Waals surface area contributed by atoms with Crippen molar-refractivity contribution in [1.29, 1.82) is 0 Å². The van der Waals surface area contributed by atoms with Crippen molar-refractivity contribution in [3.05, 3.63) is 0 Å². The van der Waals surface area contributed by atoms with Gasteiger partial charge < -0.3 is 5.73 Å². The first-order valence-electron chi connectivity index (χ1n) is 4.02. The van der Waals surface area contributed by atoms with Gasteiger partial charge >= 0.3 is 0 Å². The SMILES string of the molecule is NC12CC(C3CC3)(C1)C2. The van der Waals surface area contributed by atoms with Gasteiger partial charge in [-0.2, -0.15) is 0 Å². The van der Waals surface area contributed by atoms with Gasteiger partial charge in [-0.1, -0.05) is 0 Å². The van der Waals surface area contributed by atoms with E-state index in [1.165, 1.54) is 32.1 Å². The molecule has 0 heterocycles. The minimum Gasteiger partial charge on any atom is -0.325 e. The molecule has 9 heavy (non-hydrogen) atoms. The Morgan fingerprint density at radius 1 is 1.11 bits per heavy atom. The Balaban J connectivity index is 1.82. The van der Waals surface area contributed by atoms with E-state index in [-0.39, 0.29) is 0 Å². The van der Waals surface area contributed by atoms with Crippen LogP contribution in [0.4, 0.5) is 0 Å². The van der Waals surface area contributed by atoms with Crippen LogP contribution in [0.25, 0.3) is 0 Å². The number of hydrogen-bond donors (Lipinski definition) is 1. The molecule has 50 valence electrons. The highest BCUT2D eigenvalue weighted by Gasteiger charge is 2.70. The summed E-state index contributed by atoms with van der Waals surface area (Å²) in [6, 6.07) is 0. The molecule has 4 fully saturated rings. The first-order valence-corrected chi connectivity index (χ1v) is 4.02. The summed E-state index contributed by atoms with van der Waals surface area (Å²) in [5.74, 6) is 1.11. The molecule has 0 aliphatic heterocycles. The van der Waals surface area contributed by atoms with Crippen molar-refractivity contribution in [2.24, 2.45) is 17.1 Å². The predicted molar refractivity (Wildman–Crippen MR) is 35.9 cm³/mol. The summed E-state index contributed by atoms with van der Waals surface area (Å²) in [7, 11) is 0. The van der Waals surface area contributed by atoms with Gasteiger partial charge in [0.15, 0.2) is 0 Å². The summed E-state index contributed by atoms with van der Waals surface area (Å²) in [6.45, 7) is 0. The number of rotatable bonds is 1. The van der Waals surface area contributed by atoms with E-state index in [0.717, 1.165) is 11.3 Å². The normalized spacial score (nSPS) is 62.3. The molecule has 0 radical (unpaired) electrons. The molecule has 2 bridgehead atoms. The summed E-state index contributed by atoms with van der Waals surface area (Å²) in [5.41, 5.74) is 7.10. The largest absolute Gasteiger partial charge is 0.325 e. The molecule has 1 nitrogen and oxygen atoms in total. The van der Waals surface area contributed by atoms with Crippen LogP contribution in [0.15, 0.2) is 0 Å². The zero-order valence-corrected chi connectivity index (χ0v) is 5.69. The molecule has 0 aromatic heterocycles. The minimum absolute atomic E-state index is 0.350. The molecule has 4 rings (SSSR count). The van der Waals surface area contributed by atoms with Crippen molar-refractivity contribution < 1.29 is 0 Å². The average Bonchev–Trinajstić information content (AvgIpc) is 2.33. The van der Waals surface area contributed by atoms with Gasteiger partial charge in [0.1, 0.15) is 0 Å². The van der Waals surface area contributed by atoms with Gasteiger partial charge in [0, 0.05) is 5.54 Å². The molecule has 0 atom stereocenters. The van der Waals surface area contributed by atoms with Crippen molar-refractivity contribution in [3.63, 3.8) is 0 Å². The van der Waals surface area contributed by atoms with Crippen LogP contribution in [0, 0.1) is 11.3 Å². The van der Waals surface area contributed by atoms with E-state index in [9.17, 15) is 0 Å². The van der Waals surface area contributed by atoms with Crippen LogP contribution < -0.4 is 5.73 Å². The summed E-state index contributed by atoms with van der Waals surface area (Å²) < 4.78 is 0. The zero-order valence-electron chi connectivity index (χ0n) is 5.69. The molecular formula is C8H13N. The number of nitrogens with two attached hydrogens (primary N) is 1. The van der Waals surface area contributed by atoms with Gasteiger partial charge in [0.25, 0.3) is 0 Å². The summed E-state index contributed by atoms with van der Waals surface area (Å²) >= 11 is 0. The lowest BCUT2D eigenvalue weighted by atomic mass is 9.38. The molecule has 0 unspecified atom stereocenters. The van der Waals surface area contributed by atoms with E-state index >= 15 is 0 Å². The lowest BCUT2D eigenvalue weighted by molar-refractivity contribution is -0.147. The molecule has 0 saturated heterocycles. The quantitative estimate of drug-likeness (QED) is 0.558. The average molecular weight is 123 g/mol. The summed E-state index contributed by atoms with van der Waals surface area (Å²) in [4.78, 5) is 0. The molecule has 0 aromatic rings. The van der Waals surface area contributed by atoms with Crippen LogP contribution in [-0.2, 0) is 0 Å². The van der Waals surface area contributed by atoms with E-state index in [0.29, 0.717) is 5.54 Å². The third kappa shape index (κ3) is 0.389. The van der Waals surface area contributed by atoms with Crippen molar-refractivity contribution >= 4 is 0 Å². The Morgan fingerprint density at radius 2 is 1.67 bits per heavy atom. The molecular weight excluding hydrogens is 110 g/mol. The molecule has 4 aliphatic carbocycles. The second-order valence-electron chi connectivity index (χ2n) is 4.53. The van der Waals surface area contributed by atoms with Gasteiger partial charge in [-0.05, 0) is 43.4 Å². The van der Waals surface area contributed by atoms with E-state index in [1.807, 2.05) is 0 Å². The Bertz CT molecular complexity index is 150. The standard InChI is InChI=1S/C8H13N/c9-8-3-7(4-8,5-8)6-1-2-6/h6H,1-5,9H2. The van der Waals surface area contributed by atoms with E-state index in [1.54, 1.807) is 0 Å². The van der Waals surface area contributed by atoms with Gasteiger partial charge in [-0.15, -0.1) is 0 Å². The Kier molecular flexibility index (Phi) is 0.508. The van der Waals surface area contributed by atoms with E-state index in [2.05, 4.69) is 0 Å². The lowest BCUT2D eigenvalue weighted by Crippen LogP contribution is -2.72. The van der Waals surface area contributed by atoms with Crippen LogP contribution in [-0.4, -0.2) is 5.54 Å². The fraction of sp³-hybridized carbons (Fsp3) is 1.00. The van der Waals surface area contributed by atoms with Crippen LogP contribution >= 0.6 is 0 Å². The van der Waals surface area contributed by atoms with Crippen molar-refractivity contribution in [2.45, 2.75) is 37.6 Å². The maximum atomic E-state index is 5.94. The maximum absolute atomic E-state index is 5.94. The molecule has 4 saturated carbocycles. The van der Waals surface area contributed by atoms with E-state index in [4.69, 9.17) is 5.73 Å².